The van der Waals surface area contributed by atoms with Gasteiger partial charge >= 0.3 is 0 Å². The Balaban J connectivity index is 2.08. The van der Waals surface area contributed by atoms with Gasteiger partial charge in [0.05, 0.1) is 12.3 Å². The number of benzene rings is 1. The topological polar surface area (TPSA) is 95.8 Å². The number of hydrogen-bond donors (Lipinski definition) is 1. The van der Waals surface area contributed by atoms with Crippen LogP contribution >= 0.6 is 11.3 Å². The highest BCUT2D eigenvalue weighted by Gasteiger charge is 2.03. The van der Waals surface area contributed by atoms with Gasteiger partial charge in [-0.2, -0.15) is 10.5 Å². The van der Waals surface area contributed by atoms with E-state index in [1.165, 1.54) is 17.4 Å². The molecule has 2 aromatic rings. The Morgan fingerprint density at radius 3 is 2.48 bits per heavy atom. The van der Waals surface area contributed by atoms with Crippen molar-refractivity contribution in [2.24, 2.45) is 10.2 Å². The van der Waals surface area contributed by atoms with Gasteiger partial charge in [0.15, 0.2) is 0 Å². The Morgan fingerprint density at radius 2 is 1.88 bits per heavy atom. The number of anilines is 1. The first-order valence-corrected chi connectivity index (χ1v) is 8.51. The molecule has 25 heavy (non-hydrogen) atoms. The minimum atomic E-state index is 0.0595. The average molecular weight is 351 g/mol. The summed E-state index contributed by atoms with van der Waals surface area (Å²) in [4.78, 5) is 2.85. The zero-order chi connectivity index (χ0) is 18.1. The van der Waals surface area contributed by atoms with Crippen LogP contribution in [0.4, 0.5) is 16.4 Å². The summed E-state index contributed by atoms with van der Waals surface area (Å²) in [6, 6.07) is 14.9. The summed E-state index contributed by atoms with van der Waals surface area (Å²) in [6.45, 7) is 3.57. The molecule has 1 heterocycles. The number of nitriles is 2. The van der Waals surface area contributed by atoms with Crippen LogP contribution in [0.1, 0.15) is 11.8 Å². The molecule has 0 aliphatic heterocycles. The number of likely N-dealkylation sites (N-methyl/N-ethyl adjacent to an activating group) is 1. The molecule has 0 aliphatic rings. The van der Waals surface area contributed by atoms with E-state index >= 15 is 0 Å². The molecule has 0 saturated carbocycles. The fraction of sp³-hybridized carbons (Fsp3) is 0.222. The van der Waals surface area contributed by atoms with Gasteiger partial charge in [0.2, 0.25) is 0 Å². The van der Waals surface area contributed by atoms with Crippen LogP contribution in [0, 0.1) is 22.7 Å². The molecular formula is C18H17N5OS. The van der Waals surface area contributed by atoms with E-state index in [9.17, 15) is 0 Å². The van der Waals surface area contributed by atoms with E-state index in [2.05, 4.69) is 15.1 Å². The van der Waals surface area contributed by atoms with Crippen LogP contribution < -0.4 is 4.90 Å². The van der Waals surface area contributed by atoms with Gasteiger partial charge in [0.25, 0.3) is 0 Å². The standard InChI is InChI=1S/C18H17N5OS/c1-2-23(9-10-24)16-5-3-15(4-6-16)21-22-18-8-7-17(25-18)11-14(12-19)13-20/h3-8,11,24H,2,9-10H2,1H3. The third-order valence-corrected chi connectivity index (χ3v) is 4.29. The second-order valence-electron chi connectivity index (χ2n) is 4.98. The van der Waals surface area contributed by atoms with Gasteiger partial charge in [-0.25, -0.2) is 0 Å². The van der Waals surface area contributed by atoms with E-state index in [-0.39, 0.29) is 12.2 Å². The van der Waals surface area contributed by atoms with Crippen LogP contribution in [0.5, 0.6) is 0 Å². The number of allylic oxidation sites excluding steroid dienone is 1. The zero-order valence-electron chi connectivity index (χ0n) is 13.8. The lowest BCUT2D eigenvalue weighted by molar-refractivity contribution is 0.302. The van der Waals surface area contributed by atoms with E-state index < -0.39 is 0 Å². The first-order valence-electron chi connectivity index (χ1n) is 7.69. The predicted molar refractivity (Wildman–Crippen MR) is 99.1 cm³/mol. The van der Waals surface area contributed by atoms with E-state index in [1.54, 1.807) is 12.1 Å². The number of rotatable bonds is 7. The van der Waals surface area contributed by atoms with Crippen molar-refractivity contribution in [3.8, 4) is 12.1 Å². The molecule has 0 spiro atoms. The molecule has 0 unspecified atom stereocenters. The molecule has 126 valence electrons. The zero-order valence-corrected chi connectivity index (χ0v) is 14.6. The molecule has 0 radical (unpaired) electrons. The van der Waals surface area contributed by atoms with Crippen LogP contribution in [-0.2, 0) is 0 Å². The maximum absolute atomic E-state index is 9.07. The van der Waals surface area contributed by atoms with Crippen LogP contribution in [-0.4, -0.2) is 24.8 Å². The highest BCUT2D eigenvalue weighted by atomic mass is 32.1. The lowest BCUT2D eigenvalue weighted by Gasteiger charge is -2.21. The van der Waals surface area contributed by atoms with E-state index in [4.69, 9.17) is 15.6 Å². The molecule has 1 N–H and O–H groups in total. The van der Waals surface area contributed by atoms with E-state index in [1.807, 2.05) is 43.3 Å². The van der Waals surface area contributed by atoms with Crippen LogP contribution in [0.15, 0.2) is 52.2 Å². The molecule has 2 rings (SSSR count). The lowest BCUT2D eigenvalue weighted by atomic mass is 10.2. The van der Waals surface area contributed by atoms with Crippen LogP contribution in [0.25, 0.3) is 6.08 Å². The average Bonchev–Trinajstić information content (AvgIpc) is 3.10. The monoisotopic (exact) mass is 351 g/mol. The number of thiophene rings is 1. The van der Waals surface area contributed by atoms with Gasteiger partial charge in [-0.1, -0.05) is 0 Å². The minimum Gasteiger partial charge on any atom is -0.395 e. The Hall–Kier alpha value is -3.00. The number of aliphatic hydroxyl groups is 1. The first-order chi connectivity index (χ1) is 12.2. The SMILES string of the molecule is CCN(CCO)c1ccc(N=Nc2ccc(C=C(C#N)C#N)s2)cc1. The fourth-order valence-corrected chi connectivity index (χ4v) is 2.91. The first kappa shape index (κ1) is 18.3. The van der Waals surface area contributed by atoms with Gasteiger partial charge < -0.3 is 10.0 Å². The van der Waals surface area contributed by atoms with Crippen molar-refractivity contribution in [3.05, 3.63) is 46.8 Å². The summed E-state index contributed by atoms with van der Waals surface area (Å²) in [6.07, 6.45) is 1.53. The number of hydrogen-bond acceptors (Lipinski definition) is 7. The quantitative estimate of drug-likeness (QED) is 0.590. The Morgan fingerprint density at radius 1 is 1.16 bits per heavy atom. The maximum atomic E-state index is 9.07. The van der Waals surface area contributed by atoms with Crippen molar-refractivity contribution in [1.29, 1.82) is 10.5 Å². The number of nitrogens with zero attached hydrogens (tertiary/aromatic N) is 5. The molecule has 7 heteroatoms. The van der Waals surface area contributed by atoms with Gasteiger partial charge in [-0.3, -0.25) is 0 Å². The minimum absolute atomic E-state index is 0.0595. The smallest absolute Gasteiger partial charge is 0.139 e. The summed E-state index contributed by atoms with van der Waals surface area (Å²) in [5.74, 6) is 0. The highest BCUT2D eigenvalue weighted by Crippen LogP contribution is 2.29. The molecule has 0 aliphatic carbocycles. The highest BCUT2D eigenvalue weighted by molar-refractivity contribution is 7.16. The second-order valence-corrected chi connectivity index (χ2v) is 6.07. The fourth-order valence-electron chi connectivity index (χ4n) is 2.13. The lowest BCUT2D eigenvalue weighted by Crippen LogP contribution is -2.25. The Kier molecular flexibility index (Phi) is 6.85. The van der Waals surface area contributed by atoms with Crippen molar-refractivity contribution in [2.75, 3.05) is 24.6 Å². The third kappa shape index (κ3) is 5.25. The molecule has 0 amide bonds. The molecule has 6 nitrogen and oxygen atoms in total. The third-order valence-electron chi connectivity index (χ3n) is 3.37. The summed E-state index contributed by atoms with van der Waals surface area (Å²) in [5, 5.41) is 35.7. The summed E-state index contributed by atoms with van der Waals surface area (Å²) >= 11 is 1.35. The summed E-state index contributed by atoms with van der Waals surface area (Å²) in [7, 11) is 0. The van der Waals surface area contributed by atoms with Crippen molar-refractivity contribution in [1.82, 2.24) is 0 Å². The second kappa shape index (κ2) is 9.33. The molecule has 0 bridgehead atoms. The van der Waals surface area contributed by atoms with Crippen molar-refractivity contribution in [3.63, 3.8) is 0 Å². The largest absolute Gasteiger partial charge is 0.395 e. The summed E-state index contributed by atoms with van der Waals surface area (Å²) in [5.41, 5.74) is 1.81. The van der Waals surface area contributed by atoms with Crippen LogP contribution in [0.2, 0.25) is 0 Å². The predicted octanol–water partition coefficient (Wildman–Crippen LogP) is 4.41. The molecular weight excluding hydrogens is 334 g/mol. The Bertz CT molecular complexity index is 824. The van der Waals surface area contributed by atoms with Crippen molar-refractivity contribution in [2.45, 2.75) is 6.92 Å². The molecule has 0 fully saturated rings. The molecule has 0 atom stereocenters. The molecule has 1 aromatic heterocycles. The van der Waals surface area contributed by atoms with E-state index in [0.29, 0.717) is 11.5 Å². The van der Waals surface area contributed by atoms with Gasteiger partial charge in [0, 0.05) is 23.7 Å². The van der Waals surface area contributed by atoms with Crippen molar-refractivity contribution >= 4 is 33.8 Å². The summed E-state index contributed by atoms with van der Waals surface area (Å²) < 4.78 is 0. The Labute approximate surface area is 150 Å². The van der Waals surface area contributed by atoms with Gasteiger partial charge in [0.1, 0.15) is 22.7 Å². The van der Waals surface area contributed by atoms with E-state index in [0.717, 1.165) is 22.8 Å². The number of aliphatic hydroxyl groups excluding tert-OH is 1. The molecule has 1 aromatic carbocycles. The maximum Gasteiger partial charge on any atom is 0.139 e. The normalized spacial score (nSPS) is 10.2. The van der Waals surface area contributed by atoms with Crippen molar-refractivity contribution < 1.29 is 5.11 Å². The number of azo groups is 1. The van der Waals surface area contributed by atoms with Gasteiger partial charge in [-0.05, 0) is 49.4 Å². The van der Waals surface area contributed by atoms with Gasteiger partial charge in [-0.15, -0.1) is 21.6 Å². The van der Waals surface area contributed by atoms with Crippen LogP contribution in [0.3, 0.4) is 0 Å². The molecule has 0 saturated heterocycles.